The average molecular weight is 459 g/mol. The molecule has 0 unspecified atom stereocenters. The third-order valence-electron chi connectivity index (χ3n) is 5.63. The van der Waals surface area contributed by atoms with E-state index in [1.165, 1.54) is 5.56 Å². The SMILES string of the molecule is Cc1cc([C@H]2[C@H](c3ccccn3)NC(=S)N2C(C)C)c(C)n1-c1ccc(Cl)cc1Cl. The second-order valence-electron chi connectivity index (χ2n) is 7.89. The fourth-order valence-electron chi connectivity index (χ4n) is 4.37. The van der Waals surface area contributed by atoms with Crippen molar-refractivity contribution < 1.29 is 0 Å². The molecule has 30 heavy (non-hydrogen) atoms. The van der Waals surface area contributed by atoms with Crippen molar-refractivity contribution in [3.63, 3.8) is 0 Å². The summed E-state index contributed by atoms with van der Waals surface area (Å²) in [4.78, 5) is 6.88. The van der Waals surface area contributed by atoms with Crippen LogP contribution in [0.4, 0.5) is 0 Å². The van der Waals surface area contributed by atoms with Crippen LogP contribution in [0.15, 0.2) is 48.7 Å². The number of pyridine rings is 1. The van der Waals surface area contributed by atoms with E-state index in [1.54, 1.807) is 6.07 Å². The van der Waals surface area contributed by atoms with Crippen molar-refractivity contribution in [1.82, 2.24) is 19.8 Å². The first-order valence-corrected chi connectivity index (χ1v) is 11.1. The van der Waals surface area contributed by atoms with Gasteiger partial charge in [-0.2, -0.15) is 0 Å². The molecule has 4 rings (SSSR count). The summed E-state index contributed by atoms with van der Waals surface area (Å²) in [5.74, 6) is 0. The number of rotatable bonds is 4. The molecule has 3 heterocycles. The number of nitrogens with one attached hydrogen (secondary N) is 1. The van der Waals surface area contributed by atoms with Gasteiger partial charge in [0.25, 0.3) is 0 Å². The maximum atomic E-state index is 6.54. The predicted molar refractivity (Wildman–Crippen MR) is 128 cm³/mol. The molecule has 0 spiro atoms. The Kier molecular flexibility index (Phi) is 5.80. The molecule has 0 aliphatic carbocycles. The zero-order chi connectivity index (χ0) is 21.6. The first kappa shape index (κ1) is 21.2. The van der Waals surface area contributed by atoms with Crippen LogP contribution in [-0.2, 0) is 0 Å². The lowest BCUT2D eigenvalue weighted by molar-refractivity contribution is 0.269. The first-order chi connectivity index (χ1) is 14.3. The van der Waals surface area contributed by atoms with Crippen LogP contribution in [0.2, 0.25) is 10.0 Å². The van der Waals surface area contributed by atoms with Crippen molar-refractivity contribution in [2.45, 2.75) is 45.8 Å². The fourth-order valence-corrected chi connectivity index (χ4v) is 5.32. The van der Waals surface area contributed by atoms with Crippen molar-refractivity contribution in [1.29, 1.82) is 0 Å². The lowest BCUT2D eigenvalue weighted by Crippen LogP contribution is -2.35. The van der Waals surface area contributed by atoms with Gasteiger partial charge >= 0.3 is 0 Å². The van der Waals surface area contributed by atoms with Crippen molar-refractivity contribution in [3.05, 3.63) is 81.4 Å². The number of hydrogen-bond acceptors (Lipinski definition) is 2. The molecule has 2 atom stereocenters. The van der Waals surface area contributed by atoms with Gasteiger partial charge < -0.3 is 14.8 Å². The molecule has 0 bridgehead atoms. The highest BCUT2D eigenvalue weighted by molar-refractivity contribution is 7.80. The number of aromatic nitrogens is 2. The maximum absolute atomic E-state index is 6.54. The monoisotopic (exact) mass is 458 g/mol. The topological polar surface area (TPSA) is 33.1 Å². The Balaban J connectivity index is 1.87. The third kappa shape index (κ3) is 3.59. The highest BCUT2D eigenvalue weighted by Gasteiger charge is 2.42. The minimum Gasteiger partial charge on any atom is -0.352 e. The molecule has 1 aliphatic rings. The molecule has 0 saturated carbocycles. The molecule has 1 aromatic carbocycles. The Bertz CT molecular complexity index is 1090. The molecule has 4 nitrogen and oxygen atoms in total. The summed E-state index contributed by atoms with van der Waals surface area (Å²) in [5, 5.41) is 5.50. The summed E-state index contributed by atoms with van der Waals surface area (Å²) in [6.45, 7) is 8.55. The number of hydrogen-bond donors (Lipinski definition) is 1. The van der Waals surface area contributed by atoms with Crippen LogP contribution in [0.5, 0.6) is 0 Å². The average Bonchev–Trinajstić information content (AvgIpc) is 3.19. The summed E-state index contributed by atoms with van der Waals surface area (Å²) in [6.07, 6.45) is 1.83. The van der Waals surface area contributed by atoms with E-state index in [4.69, 9.17) is 35.4 Å². The summed E-state index contributed by atoms with van der Waals surface area (Å²) in [6, 6.07) is 14.1. The summed E-state index contributed by atoms with van der Waals surface area (Å²) >= 11 is 18.4. The van der Waals surface area contributed by atoms with Crippen LogP contribution in [0.1, 0.15) is 48.6 Å². The Morgan fingerprint density at radius 3 is 2.50 bits per heavy atom. The normalized spacial score (nSPS) is 18.9. The van der Waals surface area contributed by atoms with Gasteiger partial charge in [0.15, 0.2) is 5.11 Å². The standard InChI is InChI=1S/C23H24Cl2N4S/c1-13(2)28-22(21(27-23(28)30)19-7-5-6-10-26-19)17-11-14(3)29(15(17)4)20-9-8-16(24)12-18(20)25/h5-13,21-22H,1-4H3,(H,27,30)/t21-,22-/m0/s1. The highest BCUT2D eigenvalue weighted by atomic mass is 35.5. The first-order valence-electron chi connectivity index (χ1n) is 9.93. The molecule has 3 aromatic rings. The van der Waals surface area contributed by atoms with Crippen molar-refractivity contribution in [3.8, 4) is 5.69 Å². The van der Waals surface area contributed by atoms with Crippen LogP contribution in [0, 0.1) is 13.8 Å². The van der Waals surface area contributed by atoms with Gasteiger partial charge in [0.1, 0.15) is 0 Å². The van der Waals surface area contributed by atoms with E-state index < -0.39 is 0 Å². The zero-order valence-corrected chi connectivity index (χ0v) is 19.7. The Hall–Kier alpha value is -2.08. The van der Waals surface area contributed by atoms with Gasteiger partial charge in [0.05, 0.1) is 28.5 Å². The Labute approximate surface area is 192 Å². The second-order valence-corrected chi connectivity index (χ2v) is 9.12. The molecule has 1 fully saturated rings. The van der Waals surface area contributed by atoms with Gasteiger partial charge in [-0.1, -0.05) is 29.3 Å². The lowest BCUT2D eigenvalue weighted by Gasteiger charge is -2.31. The number of thiocarbonyl (C=S) groups is 1. The van der Waals surface area contributed by atoms with Gasteiger partial charge in [-0.3, -0.25) is 4.98 Å². The lowest BCUT2D eigenvalue weighted by atomic mass is 9.96. The van der Waals surface area contributed by atoms with Crippen LogP contribution in [0.3, 0.4) is 0 Å². The summed E-state index contributed by atoms with van der Waals surface area (Å²) in [7, 11) is 0. The fraction of sp³-hybridized carbons (Fsp3) is 0.304. The van der Waals surface area contributed by atoms with Crippen molar-refractivity contribution in [2.75, 3.05) is 0 Å². The minimum absolute atomic E-state index is 0.0263. The molecule has 1 N–H and O–H groups in total. The Morgan fingerprint density at radius 2 is 1.87 bits per heavy atom. The number of aryl methyl sites for hydroxylation is 1. The van der Waals surface area contributed by atoms with Gasteiger partial charge in [0, 0.05) is 28.6 Å². The van der Waals surface area contributed by atoms with E-state index in [-0.39, 0.29) is 18.1 Å². The molecule has 1 aliphatic heterocycles. The van der Waals surface area contributed by atoms with E-state index in [2.05, 4.69) is 53.5 Å². The number of nitrogens with zero attached hydrogens (tertiary/aromatic N) is 3. The molecule has 2 aromatic heterocycles. The minimum atomic E-state index is -0.0317. The van der Waals surface area contributed by atoms with E-state index >= 15 is 0 Å². The van der Waals surface area contributed by atoms with Crippen molar-refractivity contribution >= 4 is 40.5 Å². The molecule has 7 heteroatoms. The summed E-state index contributed by atoms with van der Waals surface area (Å²) < 4.78 is 2.18. The second kappa shape index (κ2) is 8.22. The van der Waals surface area contributed by atoms with Gasteiger partial charge in [-0.15, -0.1) is 0 Å². The van der Waals surface area contributed by atoms with Crippen molar-refractivity contribution in [2.24, 2.45) is 0 Å². The van der Waals surface area contributed by atoms with Crippen LogP contribution < -0.4 is 5.32 Å². The predicted octanol–water partition coefficient (Wildman–Crippen LogP) is 6.18. The highest BCUT2D eigenvalue weighted by Crippen LogP contribution is 2.42. The maximum Gasteiger partial charge on any atom is 0.170 e. The van der Waals surface area contributed by atoms with Gasteiger partial charge in [-0.05, 0) is 81.9 Å². The molecular weight excluding hydrogens is 435 g/mol. The van der Waals surface area contributed by atoms with E-state index in [0.29, 0.717) is 10.0 Å². The molecular formula is C23H24Cl2N4S. The van der Waals surface area contributed by atoms with Gasteiger partial charge in [0.2, 0.25) is 0 Å². The number of benzene rings is 1. The van der Waals surface area contributed by atoms with Crippen LogP contribution in [-0.4, -0.2) is 25.6 Å². The smallest absolute Gasteiger partial charge is 0.170 e. The quantitative estimate of drug-likeness (QED) is 0.473. The van der Waals surface area contributed by atoms with E-state index in [9.17, 15) is 0 Å². The summed E-state index contributed by atoms with van der Waals surface area (Å²) in [5.41, 5.74) is 5.33. The Morgan fingerprint density at radius 1 is 1.10 bits per heavy atom. The molecule has 0 radical (unpaired) electrons. The molecule has 1 saturated heterocycles. The largest absolute Gasteiger partial charge is 0.352 e. The van der Waals surface area contributed by atoms with Gasteiger partial charge in [-0.25, -0.2) is 0 Å². The third-order valence-corrected chi connectivity index (χ3v) is 6.50. The molecule has 156 valence electrons. The van der Waals surface area contributed by atoms with Crippen LogP contribution in [0.25, 0.3) is 5.69 Å². The van der Waals surface area contributed by atoms with E-state index in [0.717, 1.165) is 27.9 Å². The zero-order valence-electron chi connectivity index (χ0n) is 17.4. The van der Waals surface area contributed by atoms with Crippen LogP contribution >= 0.6 is 35.4 Å². The van der Waals surface area contributed by atoms with E-state index in [1.807, 2.05) is 36.5 Å². The molecule has 0 amide bonds. The number of halogens is 2.